The van der Waals surface area contributed by atoms with Crippen molar-refractivity contribution in [1.29, 1.82) is 0 Å². The normalized spacial score (nSPS) is 14.7. The van der Waals surface area contributed by atoms with E-state index in [1.807, 2.05) is 23.1 Å². The Morgan fingerprint density at radius 2 is 1.13 bits per heavy atom. The lowest BCUT2D eigenvalue weighted by atomic mass is 9.29. The minimum absolute atomic E-state index is 0.0827. The van der Waals surface area contributed by atoms with Crippen LogP contribution in [0.2, 0.25) is 0 Å². The van der Waals surface area contributed by atoms with Crippen LogP contribution in [0.4, 0.5) is 34.1 Å². The number of benzene rings is 8. The van der Waals surface area contributed by atoms with Crippen LogP contribution in [-0.2, 0) is 0 Å². The predicted molar refractivity (Wildman–Crippen MR) is 236 cm³/mol. The molecule has 0 aliphatic carbocycles. The molecule has 5 aliphatic rings. The standard InChI is InChI=1S/C48H25B2N3S2/c1-2-12-26(13-3-1)51-34-19-6-5-16-30(34)49-31-17-10-15-28-41-46-33(24-29-27-14-4-8-21-38(27)55-48(29)41)50-32-18-11-23-40-45(32)52(35-20-7-9-22-39(35)54-40)37-25-36(51)42(49)47(43(37)50)53(46)44(28)31/h1-25H. The summed E-state index contributed by atoms with van der Waals surface area (Å²) in [5.74, 6) is 0. The third kappa shape index (κ3) is 3.15. The van der Waals surface area contributed by atoms with E-state index in [9.17, 15) is 0 Å². The Morgan fingerprint density at radius 3 is 2.05 bits per heavy atom. The summed E-state index contributed by atoms with van der Waals surface area (Å²) in [5.41, 5.74) is 20.2. The summed E-state index contributed by atoms with van der Waals surface area (Å²) < 4.78 is 5.49. The van der Waals surface area contributed by atoms with E-state index in [4.69, 9.17) is 0 Å². The summed E-state index contributed by atoms with van der Waals surface area (Å²) in [6, 6.07) is 57.6. The Labute approximate surface area is 325 Å². The van der Waals surface area contributed by atoms with Crippen molar-refractivity contribution in [1.82, 2.24) is 4.57 Å². The fourth-order valence-corrected chi connectivity index (χ4v) is 13.5. The Balaban J connectivity index is 1.22. The topological polar surface area (TPSA) is 11.4 Å². The van der Waals surface area contributed by atoms with E-state index in [0.29, 0.717) is 0 Å². The highest BCUT2D eigenvalue weighted by Crippen LogP contribution is 2.55. The molecule has 55 heavy (non-hydrogen) atoms. The third-order valence-electron chi connectivity index (χ3n) is 13.1. The fraction of sp³-hybridized carbons (Fsp3) is 0. The van der Waals surface area contributed by atoms with Gasteiger partial charge < -0.3 is 14.4 Å². The second kappa shape index (κ2) is 9.56. The van der Waals surface area contributed by atoms with Crippen LogP contribution in [0.1, 0.15) is 0 Å². The van der Waals surface area contributed by atoms with Gasteiger partial charge in [0.2, 0.25) is 0 Å². The zero-order valence-electron chi connectivity index (χ0n) is 29.2. The van der Waals surface area contributed by atoms with Crippen molar-refractivity contribution < 1.29 is 0 Å². The summed E-state index contributed by atoms with van der Waals surface area (Å²) in [4.78, 5) is 7.80. The van der Waals surface area contributed by atoms with Crippen molar-refractivity contribution in [3.63, 3.8) is 0 Å². The lowest BCUT2D eigenvalue weighted by molar-refractivity contribution is 1.14. The molecule has 7 heterocycles. The van der Waals surface area contributed by atoms with Crippen molar-refractivity contribution in [2.75, 3.05) is 9.80 Å². The lowest BCUT2D eigenvalue weighted by Gasteiger charge is -2.48. The van der Waals surface area contributed by atoms with Crippen LogP contribution < -0.4 is 42.6 Å². The molecule has 0 atom stereocenters. The molecule has 0 spiro atoms. The summed E-state index contributed by atoms with van der Waals surface area (Å²) in [5, 5.41) is 5.51. The zero-order chi connectivity index (χ0) is 35.3. The SMILES string of the molecule is c1ccc(N2c3ccccc3B3c4c2cc2c5c4-n4c6c3cccc6c3c6sc7ccccc7c6cc(c34)B5c3cccc4c3N2c2ccccc2S4)cc1. The van der Waals surface area contributed by atoms with Crippen molar-refractivity contribution in [2.24, 2.45) is 0 Å². The van der Waals surface area contributed by atoms with E-state index in [-0.39, 0.29) is 13.4 Å². The summed E-state index contributed by atoms with van der Waals surface area (Å²) in [6.07, 6.45) is 0. The minimum atomic E-state index is 0.0827. The van der Waals surface area contributed by atoms with E-state index in [1.165, 1.54) is 124 Å². The molecular weight excluding hydrogens is 704 g/mol. The second-order valence-corrected chi connectivity index (χ2v) is 17.7. The molecule has 250 valence electrons. The number of hydrogen-bond donors (Lipinski definition) is 0. The van der Waals surface area contributed by atoms with Crippen molar-refractivity contribution in [3.8, 4) is 5.69 Å². The first kappa shape index (κ1) is 28.3. The van der Waals surface area contributed by atoms with Crippen molar-refractivity contribution in [3.05, 3.63) is 152 Å². The average Bonchev–Trinajstić information content (AvgIpc) is 3.79. The Bertz CT molecular complexity index is 3460. The van der Waals surface area contributed by atoms with Gasteiger partial charge >= 0.3 is 0 Å². The van der Waals surface area contributed by atoms with Crippen molar-refractivity contribution >= 4 is 145 Å². The number of nitrogens with zero attached hydrogens (tertiary/aromatic N) is 3. The molecule has 0 saturated heterocycles. The molecule has 7 heteroatoms. The average molecular weight is 730 g/mol. The molecule has 0 radical (unpaired) electrons. The molecule has 3 nitrogen and oxygen atoms in total. The number of para-hydroxylation sites is 5. The Kier molecular flexibility index (Phi) is 4.92. The number of thiophene rings is 1. The van der Waals surface area contributed by atoms with E-state index in [0.717, 1.165) is 0 Å². The summed E-state index contributed by atoms with van der Waals surface area (Å²) in [7, 11) is 0. The summed E-state index contributed by atoms with van der Waals surface area (Å²) >= 11 is 3.87. The number of hydrogen-bond acceptors (Lipinski definition) is 4. The van der Waals surface area contributed by atoms with Gasteiger partial charge in [0.1, 0.15) is 0 Å². The van der Waals surface area contributed by atoms with Gasteiger partial charge in [0.15, 0.2) is 0 Å². The van der Waals surface area contributed by atoms with Crippen LogP contribution in [0.5, 0.6) is 0 Å². The highest BCUT2D eigenvalue weighted by molar-refractivity contribution is 7.99. The molecule has 0 fully saturated rings. The third-order valence-corrected chi connectivity index (χ3v) is 15.4. The van der Waals surface area contributed by atoms with Gasteiger partial charge in [-0.15, -0.1) is 11.3 Å². The molecule has 2 aromatic heterocycles. The molecular formula is C48H25B2N3S2. The fourth-order valence-electron chi connectivity index (χ4n) is 11.2. The van der Waals surface area contributed by atoms with E-state index in [2.05, 4.69) is 166 Å². The summed E-state index contributed by atoms with van der Waals surface area (Å²) in [6.45, 7) is 0.184. The molecule has 0 unspecified atom stereocenters. The quantitative estimate of drug-likeness (QED) is 0.157. The lowest BCUT2D eigenvalue weighted by Crippen LogP contribution is -2.67. The molecule has 0 amide bonds. The van der Waals surface area contributed by atoms with Gasteiger partial charge in [-0.2, -0.15) is 0 Å². The van der Waals surface area contributed by atoms with E-state index >= 15 is 0 Å². The Morgan fingerprint density at radius 1 is 0.436 bits per heavy atom. The maximum absolute atomic E-state index is 2.74. The highest BCUT2D eigenvalue weighted by Gasteiger charge is 2.51. The van der Waals surface area contributed by atoms with Crippen LogP contribution in [0.3, 0.4) is 0 Å². The number of aromatic nitrogens is 1. The monoisotopic (exact) mass is 729 g/mol. The highest BCUT2D eigenvalue weighted by atomic mass is 32.2. The van der Waals surface area contributed by atoms with Crippen LogP contribution in [-0.4, -0.2) is 18.0 Å². The maximum Gasteiger partial charge on any atom is 0.252 e. The van der Waals surface area contributed by atoms with Gasteiger partial charge in [0, 0.05) is 74.7 Å². The van der Waals surface area contributed by atoms with E-state index in [1.54, 1.807) is 0 Å². The largest absolute Gasteiger partial charge is 0.311 e. The molecule has 0 saturated carbocycles. The van der Waals surface area contributed by atoms with Gasteiger partial charge in [0.25, 0.3) is 13.4 Å². The van der Waals surface area contributed by atoms with Gasteiger partial charge in [0.05, 0.1) is 16.9 Å². The van der Waals surface area contributed by atoms with Gasteiger partial charge in [-0.3, -0.25) is 0 Å². The Hall–Kier alpha value is -6.14. The number of anilines is 6. The van der Waals surface area contributed by atoms with E-state index < -0.39 is 0 Å². The first-order chi connectivity index (χ1) is 27.3. The van der Waals surface area contributed by atoms with Gasteiger partial charge in [-0.05, 0) is 81.3 Å². The molecule has 10 aromatic rings. The molecule has 15 rings (SSSR count). The first-order valence-corrected chi connectivity index (χ1v) is 20.7. The molecule has 0 bridgehead atoms. The molecule has 5 aliphatic heterocycles. The number of rotatable bonds is 1. The van der Waals surface area contributed by atoms with Gasteiger partial charge in [-0.1, -0.05) is 115 Å². The molecule has 0 N–H and O–H groups in total. The van der Waals surface area contributed by atoms with Crippen LogP contribution in [0.15, 0.2) is 161 Å². The van der Waals surface area contributed by atoms with Crippen molar-refractivity contribution in [2.45, 2.75) is 9.79 Å². The van der Waals surface area contributed by atoms with Crippen LogP contribution in [0.25, 0.3) is 47.7 Å². The van der Waals surface area contributed by atoms with Gasteiger partial charge in [-0.25, -0.2) is 0 Å². The minimum Gasteiger partial charge on any atom is -0.311 e. The second-order valence-electron chi connectivity index (χ2n) is 15.5. The number of fused-ring (bicyclic) bond motifs is 13. The smallest absolute Gasteiger partial charge is 0.252 e. The molecule has 8 aromatic carbocycles. The zero-order valence-corrected chi connectivity index (χ0v) is 30.9. The predicted octanol–water partition coefficient (Wildman–Crippen LogP) is 8.84. The first-order valence-electron chi connectivity index (χ1n) is 19.1. The van der Waals surface area contributed by atoms with Crippen LogP contribution in [0, 0.1) is 0 Å². The van der Waals surface area contributed by atoms with Crippen LogP contribution >= 0.6 is 23.1 Å². The maximum atomic E-state index is 2.74.